The molecule has 9 heteroatoms. The number of likely N-dealkylation sites (tertiary alicyclic amines) is 1. The first kappa shape index (κ1) is 22.1. The lowest BCUT2D eigenvalue weighted by Gasteiger charge is -2.37. The molecule has 0 spiro atoms. The highest BCUT2D eigenvalue weighted by atomic mass is 35.5. The van der Waals surface area contributed by atoms with Crippen LogP contribution in [-0.4, -0.2) is 58.7 Å². The van der Waals surface area contributed by atoms with E-state index >= 15 is 0 Å². The van der Waals surface area contributed by atoms with Crippen molar-refractivity contribution in [2.24, 2.45) is 5.92 Å². The number of hydrogen-bond acceptors (Lipinski definition) is 7. The van der Waals surface area contributed by atoms with Crippen molar-refractivity contribution in [3.05, 3.63) is 35.0 Å². The number of methoxy groups -OCH3 is 1. The number of nitrogens with one attached hydrogen (secondary N) is 2. The fourth-order valence-electron chi connectivity index (χ4n) is 3.62. The summed E-state index contributed by atoms with van der Waals surface area (Å²) in [6.45, 7) is 4.91. The number of rotatable bonds is 6. The summed E-state index contributed by atoms with van der Waals surface area (Å²) in [6.07, 6.45) is 3.08. The maximum Gasteiger partial charge on any atom is 0.253 e. The van der Waals surface area contributed by atoms with Crippen LogP contribution in [0.15, 0.2) is 24.4 Å². The molecule has 0 unspecified atom stereocenters. The predicted molar refractivity (Wildman–Crippen MR) is 118 cm³/mol. The van der Waals surface area contributed by atoms with Gasteiger partial charge in [-0.05, 0) is 50.8 Å². The molecule has 2 aromatic rings. The average Bonchev–Trinajstić information content (AvgIpc) is 2.74. The first-order chi connectivity index (χ1) is 14.2. The smallest absolute Gasteiger partial charge is 0.253 e. The highest BCUT2D eigenvalue weighted by molar-refractivity contribution is 6.32. The number of aromatic nitrogens is 2. The molecule has 1 saturated heterocycles. The van der Waals surface area contributed by atoms with Crippen LogP contribution in [0.3, 0.4) is 0 Å². The highest BCUT2D eigenvalue weighted by Crippen LogP contribution is 2.31. The third kappa shape index (κ3) is 4.94. The van der Waals surface area contributed by atoms with Gasteiger partial charge in [0.15, 0.2) is 0 Å². The van der Waals surface area contributed by atoms with Crippen molar-refractivity contribution in [3.63, 3.8) is 0 Å². The van der Waals surface area contributed by atoms with Crippen molar-refractivity contribution in [2.45, 2.75) is 32.3 Å². The van der Waals surface area contributed by atoms with Gasteiger partial charge in [-0.2, -0.15) is 4.98 Å². The number of ether oxygens (including phenoxy) is 1. The van der Waals surface area contributed by atoms with E-state index < -0.39 is 5.60 Å². The molecule has 0 atom stereocenters. The maximum absolute atomic E-state index is 13.0. The van der Waals surface area contributed by atoms with Gasteiger partial charge in [-0.1, -0.05) is 11.6 Å². The third-order valence-electron chi connectivity index (χ3n) is 5.46. The molecule has 1 aromatic carbocycles. The van der Waals surface area contributed by atoms with E-state index in [-0.39, 0.29) is 11.8 Å². The van der Waals surface area contributed by atoms with Gasteiger partial charge in [0.05, 0.1) is 24.6 Å². The van der Waals surface area contributed by atoms with Crippen molar-refractivity contribution in [2.75, 3.05) is 37.9 Å². The Bertz CT molecular complexity index is 908. The van der Waals surface area contributed by atoms with E-state index in [0.29, 0.717) is 46.9 Å². The number of aliphatic hydroxyl groups is 1. The minimum Gasteiger partial charge on any atom is -0.495 e. The monoisotopic (exact) mass is 433 g/mol. The number of hydrogen-bond donors (Lipinski definition) is 3. The minimum atomic E-state index is -0.720. The Kier molecular flexibility index (Phi) is 6.67. The quantitative estimate of drug-likeness (QED) is 0.640. The molecule has 1 aliphatic heterocycles. The van der Waals surface area contributed by atoms with Crippen LogP contribution in [0.1, 0.15) is 37.0 Å². The van der Waals surface area contributed by atoms with Gasteiger partial charge in [0.2, 0.25) is 5.95 Å². The number of anilines is 3. The lowest BCUT2D eigenvalue weighted by Crippen LogP contribution is -2.44. The molecule has 162 valence electrons. The van der Waals surface area contributed by atoms with Crippen molar-refractivity contribution >= 4 is 35.0 Å². The molecule has 3 rings (SSSR count). The topological polar surface area (TPSA) is 99.6 Å². The standard InChI is InChI=1S/C21H28ClN5O3/c1-21(2,29)14-7-9-27(10-8-14)19(28)13-5-6-16(17(11-13)30-4)25-20-24-12-15(22)18(23-3)26-20/h5-6,11-12,14,29H,7-10H2,1-4H3,(H2,23,24,25,26). The largest absolute Gasteiger partial charge is 0.495 e. The second kappa shape index (κ2) is 9.06. The number of nitrogens with zero attached hydrogens (tertiary/aromatic N) is 3. The van der Waals surface area contributed by atoms with Crippen molar-refractivity contribution in [1.29, 1.82) is 0 Å². The number of piperidine rings is 1. The van der Waals surface area contributed by atoms with Crippen LogP contribution in [0.5, 0.6) is 5.75 Å². The second-order valence-corrected chi connectivity index (χ2v) is 8.31. The van der Waals surface area contributed by atoms with E-state index in [1.807, 2.05) is 18.7 Å². The van der Waals surface area contributed by atoms with Gasteiger partial charge in [-0.25, -0.2) is 4.98 Å². The summed E-state index contributed by atoms with van der Waals surface area (Å²) < 4.78 is 5.47. The molecule has 1 aliphatic rings. The Balaban J connectivity index is 1.73. The first-order valence-corrected chi connectivity index (χ1v) is 10.3. The number of carbonyl (C=O) groups is 1. The molecule has 1 aromatic heterocycles. The minimum absolute atomic E-state index is 0.0470. The molecular weight excluding hydrogens is 406 g/mol. The second-order valence-electron chi connectivity index (χ2n) is 7.90. The molecule has 2 heterocycles. The zero-order valence-corrected chi connectivity index (χ0v) is 18.5. The van der Waals surface area contributed by atoms with E-state index in [4.69, 9.17) is 16.3 Å². The number of benzene rings is 1. The van der Waals surface area contributed by atoms with Crippen molar-refractivity contribution in [1.82, 2.24) is 14.9 Å². The summed E-state index contributed by atoms with van der Waals surface area (Å²) in [6, 6.07) is 5.23. The summed E-state index contributed by atoms with van der Waals surface area (Å²) >= 11 is 6.03. The summed E-state index contributed by atoms with van der Waals surface area (Å²) in [5.74, 6) is 1.53. The SMILES string of the molecule is CNc1nc(Nc2ccc(C(=O)N3CCC(C(C)(C)O)CC3)cc2OC)ncc1Cl. The Morgan fingerprint density at radius 3 is 2.63 bits per heavy atom. The zero-order chi connectivity index (χ0) is 21.9. The van der Waals surface area contributed by atoms with E-state index in [9.17, 15) is 9.90 Å². The predicted octanol–water partition coefficient (Wildman–Crippen LogP) is 3.55. The van der Waals surface area contributed by atoms with Crippen LogP contribution in [0.25, 0.3) is 0 Å². The summed E-state index contributed by atoms with van der Waals surface area (Å²) in [4.78, 5) is 23.3. The van der Waals surface area contributed by atoms with E-state index in [1.54, 1.807) is 32.4 Å². The van der Waals surface area contributed by atoms with Gasteiger partial charge >= 0.3 is 0 Å². The Morgan fingerprint density at radius 2 is 2.03 bits per heavy atom. The molecule has 0 saturated carbocycles. The summed E-state index contributed by atoms with van der Waals surface area (Å²) in [5, 5.41) is 16.6. The molecule has 1 fully saturated rings. The van der Waals surface area contributed by atoms with Gasteiger partial charge in [-0.15, -0.1) is 0 Å². The Labute approximate surface area is 181 Å². The van der Waals surface area contributed by atoms with Crippen LogP contribution < -0.4 is 15.4 Å². The Hall–Kier alpha value is -2.58. The van der Waals surface area contributed by atoms with Gasteiger partial charge in [0, 0.05) is 25.7 Å². The van der Waals surface area contributed by atoms with Crippen LogP contribution in [0.2, 0.25) is 5.02 Å². The van der Waals surface area contributed by atoms with Crippen molar-refractivity contribution in [3.8, 4) is 5.75 Å². The number of carbonyl (C=O) groups excluding carboxylic acids is 1. The molecule has 1 amide bonds. The summed E-state index contributed by atoms with van der Waals surface area (Å²) in [7, 11) is 3.27. The molecule has 30 heavy (non-hydrogen) atoms. The zero-order valence-electron chi connectivity index (χ0n) is 17.7. The molecule has 8 nitrogen and oxygen atoms in total. The van der Waals surface area contributed by atoms with Crippen LogP contribution in [0, 0.1) is 5.92 Å². The Morgan fingerprint density at radius 1 is 1.33 bits per heavy atom. The summed E-state index contributed by atoms with van der Waals surface area (Å²) in [5.41, 5.74) is 0.467. The van der Waals surface area contributed by atoms with Crippen molar-refractivity contribution < 1.29 is 14.6 Å². The fraction of sp³-hybridized carbons (Fsp3) is 0.476. The highest BCUT2D eigenvalue weighted by Gasteiger charge is 2.32. The van der Waals surface area contributed by atoms with Crippen LogP contribution >= 0.6 is 11.6 Å². The average molecular weight is 434 g/mol. The molecule has 0 bridgehead atoms. The molecule has 0 aliphatic carbocycles. The normalized spacial score (nSPS) is 15.1. The lowest BCUT2D eigenvalue weighted by atomic mass is 9.83. The lowest BCUT2D eigenvalue weighted by molar-refractivity contribution is -0.0108. The molecule has 3 N–H and O–H groups in total. The van der Waals surface area contributed by atoms with Crippen LogP contribution in [0.4, 0.5) is 17.5 Å². The van der Waals surface area contributed by atoms with E-state index in [0.717, 1.165) is 12.8 Å². The van der Waals surface area contributed by atoms with Gasteiger partial charge < -0.3 is 25.4 Å². The van der Waals surface area contributed by atoms with Gasteiger partial charge in [0.25, 0.3) is 5.91 Å². The number of amides is 1. The number of halogens is 1. The molecule has 0 radical (unpaired) electrons. The van der Waals surface area contributed by atoms with E-state index in [1.165, 1.54) is 6.20 Å². The van der Waals surface area contributed by atoms with Gasteiger partial charge in [-0.3, -0.25) is 4.79 Å². The third-order valence-corrected chi connectivity index (χ3v) is 5.73. The maximum atomic E-state index is 13.0. The molecular formula is C21H28ClN5O3. The van der Waals surface area contributed by atoms with Gasteiger partial charge in [0.1, 0.15) is 16.6 Å². The fourth-order valence-corrected chi connectivity index (χ4v) is 3.81. The van der Waals surface area contributed by atoms with E-state index in [2.05, 4.69) is 20.6 Å². The van der Waals surface area contributed by atoms with Crippen LogP contribution in [-0.2, 0) is 0 Å². The first-order valence-electron chi connectivity index (χ1n) is 9.90.